The number of hydrogen-bond acceptors (Lipinski definition) is 3. The van der Waals surface area contributed by atoms with E-state index in [1.165, 1.54) is 13.8 Å². The van der Waals surface area contributed by atoms with E-state index in [2.05, 4.69) is 0 Å². The summed E-state index contributed by atoms with van der Waals surface area (Å²) in [5, 5.41) is -0.470. The molecule has 0 saturated carbocycles. The first-order valence-corrected chi connectivity index (χ1v) is 3.70. The molecule has 0 radical (unpaired) electrons. The third kappa shape index (κ3) is 2.48. The van der Waals surface area contributed by atoms with Crippen LogP contribution in [0, 0.1) is 0 Å². The third-order valence-electron chi connectivity index (χ3n) is 0.771. The van der Waals surface area contributed by atoms with Crippen LogP contribution in [0.3, 0.4) is 0 Å². The molecule has 0 spiro atoms. The lowest BCUT2D eigenvalue weighted by Gasteiger charge is -1.96. The van der Waals surface area contributed by atoms with Crippen molar-refractivity contribution in [1.82, 2.24) is 0 Å². The topological polar surface area (TPSA) is 80.4 Å². The van der Waals surface area contributed by atoms with Gasteiger partial charge in [-0.05, 0) is 19.4 Å². The van der Waals surface area contributed by atoms with Crippen molar-refractivity contribution >= 4 is 10.1 Å². The summed E-state index contributed by atoms with van der Waals surface area (Å²) in [5.41, 5.74) is 5.32. The van der Waals surface area contributed by atoms with Crippen LogP contribution in [0.1, 0.15) is 13.8 Å². The summed E-state index contributed by atoms with van der Waals surface area (Å²) in [5.74, 6) is 0. The number of rotatable bonds is 1. The van der Waals surface area contributed by atoms with Gasteiger partial charge in [0.25, 0.3) is 0 Å². The zero-order valence-electron chi connectivity index (χ0n) is 5.25. The van der Waals surface area contributed by atoms with E-state index in [4.69, 9.17) is 10.3 Å². The third-order valence-corrected chi connectivity index (χ3v) is 1.73. The number of allylic oxidation sites excluding steroid dienone is 1. The molecule has 0 aliphatic carbocycles. The fraction of sp³-hybridized carbons (Fsp3) is 0.500. The summed E-state index contributed by atoms with van der Waals surface area (Å²) in [7, 11) is -4.14. The zero-order chi connectivity index (χ0) is 7.65. The second kappa shape index (κ2) is 2.36. The highest BCUT2D eigenvalue weighted by molar-refractivity contribution is 7.89. The molecule has 0 aromatic carbocycles. The highest BCUT2D eigenvalue weighted by Crippen LogP contribution is 2.01. The molecule has 0 aliphatic heterocycles. The van der Waals surface area contributed by atoms with Crippen LogP contribution in [0.5, 0.6) is 0 Å². The number of hydrogen-bond donors (Lipinski definition) is 2. The van der Waals surface area contributed by atoms with Crippen LogP contribution in [-0.2, 0) is 10.1 Å². The zero-order valence-corrected chi connectivity index (χ0v) is 6.07. The summed E-state index contributed by atoms with van der Waals surface area (Å²) in [6.07, 6.45) is 0. The van der Waals surface area contributed by atoms with E-state index < -0.39 is 15.1 Å². The van der Waals surface area contributed by atoms with Crippen molar-refractivity contribution < 1.29 is 13.0 Å². The Morgan fingerprint density at radius 3 is 1.78 bits per heavy atom. The van der Waals surface area contributed by atoms with Gasteiger partial charge in [-0.15, -0.1) is 0 Å². The fourth-order valence-electron chi connectivity index (χ4n) is 0.258. The van der Waals surface area contributed by atoms with Gasteiger partial charge in [0.15, 0.2) is 5.03 Å². The van der Waals surface area contributed by atoms with Crippen LogP contribution in [0.4, 0.5) is 0 Å². The molecule has 0 heterocycles. The van der Waals surface area contributed by atoms with Gasteiger partial charge in [-0.3, -0.25) is 4.55 Å². The highest BCUT2D eigenvalue weighted by Gasteiger charge is 2.08. The first-order chi connectivity index (χ1) is 3.85. The molecular formula is C4H9NO3S. The van der Waals surface area contributed by atoms with E-state index in [-0.39, 0.29) is 0 Å². The lowest BCUT2D eigenvalue weighted by atomic mass is 10.4. The van der Waals surface area contributed by atoms with Gasteiger partial charge in [0, 0.05) is 0 Å². The largest absolute Gasteiger partial charge is 0.388 e. The quantitative estimate of drug-likeness (QED) is 0.520. The maximum atomic E-state index is 10.1. The molecule has 0 aromatic heterocycles. The Kier molecular flexibility index (Phi) is 2.22. The Balaban J connectivity index is 4.86. The molecule has 0 bridgehead atoms. The Hall–Kier alpha value is -0.550. The molecule has 9 heavy (non-hydrogen) atoms. The minimum atomic E-state index is -4.14. The normalized spacial score (nSPS) is 11.0. The molecular weight excluding hydrogens is 142 g/mol. The predicted octanol–water partition coefficient (Wildman–Crippen LogP) is 0.0843. The summed E-state index contributed by atoms with van der Waals surface area (Å²) in [4.78, 5) is 0. The van der Waals surface area contributed by atoms with Gasteiger partial charge in [-0.25, -0.2) is 0 Å². The molecule has 0 amide bonds. The Morgan fingerprint density at radius 2 is 1.78 bits per heavy atom. The van der Waals surface area contributed by atoms with Gasteiger partial charge in [0.05, 0.1) is 0 Å². The Bertz CT molecular complexity index is 222. The monoisotopic (exact) mass is 151 g/mol. The first-order valence-electron chi connectivity index (χ1n) is 2.26. The predicted molar refractivity (Wildman–Crippen MR) is 34.1 cm³/mol. The lowest BCUT2D eigenvalue weighted by molar-refractivity contribution is 0.490. The molecule has 0 atom stereocenters. The number of nitrogens with two attached hydrogens (primary N) is 1. The van der Waals surface area contributed by atoms with Gasteiger partial charge >= 0.3 is 10.1 Å². The molecule has 5 heteroatoms. The SMILES string of the molecule is CC(C)=C(N)S(=O)(=O)O. The van der Waals surface area contributed by atoms with E-state index in [0.29, 0.717) is 5.57 Å². The second-order valence-corrected chi connectivity index (χ2v) is 3.23. The fourth-order valence-corrected chi connectivity index (χ4v) is 0.774. The van der Waals surface area contributed by atoms with Crippen LogP contribution in [0.15, 0.2) is 10.6 Å². The molecule has 0 unspecified atom stereocenters. The van der Waals surface area contributed by atoms with Crippen LogP contribution < -0.4 is 5.73 Å². The van der Waals surface area contributed by atoms with Crippen molar-refractivity contribution in [3.8, 4) is 0 Å². The average molecular weight is 151 g/mol. The van der Waals surface area contributed by atoms with Gasteiger partial charge in [-0.2, -0.15) is 8.42 Å². The molecule has 0 aromatic rings. The minimum Gasteiger partial charge on any atom is -0.388 e. The van der Waals surface area contributed by atoms with Gasteiger partial charge in [0.1, 0.15) is 0 Å². The van der Waals surface area contributed by atoms with Crippen molar-refractivity contribution in [1.29, 1.82) is 0 Å². The van der Waals surface area contributed by atoms with Gasteiger partial charge in [-0.1, -0.05) is 0 Å². The highest BCUT2D eigenvalue weighted by atomic mass is 32.2. The lowest BCUT2D eigenvalue weighted by Crippen LogP contribution is -2.11. The molecule has 0 rings (SSSR count). The molecule has 0 fully saturated rings. The van der Waals surface area contributed by atoms with Crippen molar-refractivity contribution in [3.63, 3.8) is 0 Å². The average Bonchev–Trinajstić information content (AvgIpc) is 1.62. The molecule has 0 aliphatic rings. The van der Waals surface area contributed by atoms with E-state index in [9.17, 15) is 8.42 Å². The van der Waals surface area contributed by atoms with E-state index in [1.807, 2.05) is 0 Å². The van der Waals surface area contributed by atoms with Crippen molar-refractivity contribution in [2.24, 2.45) is 5.73 Å². The van der Waals surface area contributed by atoms with E-state index in [1.54, 1.807) is 0 Å². The van der Waals surface area contributed by atoms with Crippen molar-refractivity contribution in [2.45, 2.75) is 13.8 Å². The first kappa shape index (κ1) is 8.45. The second-order valence-electron chi connectivity index (χ2n) is 1.84. The summed E-state index contributed by atoms with van der Waals surface area (Å²) in [6, 6.07) is 0. The van der Waals surface area contributed by atoms with Crippen LogP contribution in [0.25, 0.3) is 0 Å². The molecule has 0 saturated heterocycles. The maximum Gasteiger partial charge on any atom is 0.309 e. The van der Waals surface area contributed by atoms with Crippen molar-refractivity contribution in [2.75, 3.05) is 0 Å². The minimum absolute atomic E-state index is 0.387. The molecule has 3 N–H and O–H groups in total. The van der Waals surface area contributed by atoms with Crippen LogP contribution in [0.2, 0.25) is 0 Å². The van der Waals surface area contributed by atoms with E-state index >= 15 is 0 Å². The summed E-state index contributed by atoms with van der Waals surface area (Å²) in [6.45, 7) is 3.01. The standard InChI is InChI=1S/C4H9NO3S/c1-3(2)4(5)9(6,7)8/h5H2,1-2H3,(H,6,7,8). The maximum absolute atomic E-state index is 10.1. The van der Waals surface area contributed by atoms with Gasteiger partial charge < -0.3 is 5.73 Å². The smallest absolute Gasteiger partial charge is 0.309 e. The molecule has 54 valence electrons. The van der Waals surface area contributed by atoms with E-state index in [0.717, 1.165) is 0 Å². The van der Waals surface area contributed by atoms with Crippen LogP contribution in [-0.4, -0.2) is 13.0 Å². The molecule has 4 nitrogen and oxygen atoms in total. The Labute approximate surface area is 54.1 Å². The van der Waals surface area contributed by atoms with Gasteiger partial charge in [0.2, 0.25) is 0 Å². The summed E-state index contributed by atoms with van der Waals surface area (Å²) < 4.78 is 28.5. The summed E-state index contributed by atoms with van der Waals surface area (Å²) >= 11 is 0. The van der Waals surface area contributed by atoms with Crippen LogP contribution >= 0.6 is 0 Å². The van der Waals surface area contributed by atoms with Crippen molar-refractivity contribution in [3.05, 3.63) is 10.6 Å². The Morgan fingerprint density at radius 1 is 1.44 bits per heavy atom.